The van der Waals surface area contributed by atoms with Gasteiger partial charge in [0.2, 0.25) is 0 Å². The molecule has 2 saturated heterocycles. The second kappa shape index (κ2) is 13.6. The zero-order chi connectivity index (χ0) is 31.1. The van der Waals surface area contributed by atoms with E-state index in [-0.39, 0.29) is 35.8 Å². The molecule has 2 aromatic carbocycles. The van der Waals surface area contributed by atoms with Gasteiger partial charge in [-0.2, -0.15) is 0 Å². The number of likely N-dealkylation sites (tertiary alicyclic amines) is 2. The number of nitrogens with two attached hydrogens (primary N) is 1. The van der Waals surface area contributed by atoms with Crippen LogP contribution in [0.4, 0.5) is 21.0 Å². The van der Waals surface area contributed by atoms with Crippen molar-refractivity contribution in [3.05, 3.63) is 58.6 Å². The second-order valence-electron chi connectivity index (χ2n) is 12.2. The number of ether oxygens (including phenoxy) is 4. The second-order valence-corrected chi connectivity index (χ2v) is 12.2. The lowest BCUT2D eigenvalue weighted by Crippen LogP contribution is -2.36. The van der Waals surface area contributed by atoms with Crippen LogP contribution in [0.25, 0.3) is 0 Å². The number of benzene rings is 2. The highest BCUT2D eigenvalue weighted by molar-refractivity contribution is 5.69. The van der Waals surface area contributed by atoms with E-state index in [4.69, 9.17) is 24.7 Å². The fourth-order valence-corrected chi connectivity index (χ4v) is 4.29. The molecule has 2 unspecified atom stereocenters. The smallest absolute Gasteiger partial charge is 0.410 e. The number of nitro groups is 1. The first-order valence-corrected chi connectivity index (χ1v) is 14.0. The van der Waals surface area contributed by atoms with Crippen LogP contribution >= 0.6 is 0 Å². The molecule has 2 aromatic rings. The van der Waals surface area contributed by atoms with Crippen molar-refractivity contribution in [3.63, 3.8) is 0 Å². The highest BCUT2D eigenvalue weighted by Crippen LogP contribution is 2.29. The first-order valence-electron chi connectivity index (χ1n) is 14.0. The van der Waals surface area contributed by atoms with Crippen molar-refractivity contribution in [2.24, 2.45) is 0 Å². The monoisotopic (exact) mass is 586 g/mol. The average Bonchev–Trinajstić information content (AvgIpc) is 3.54. The minimum Gasteiger partial charge on any atom is -0.486 e. The van der Waals surface area contributed by atoms with E-state index in [0.29, 0.717) is 44.0 Å². The fraction of sp³-hybridized carbons (Fsp3) is 0.533. The highest BCUT2D eigenvalue weighted by Gasteiger charge is 2.33. The van der Waals surface area contributed by atoms with E-state index < -0.39 is 16.1 Å². The van der Waals surface area contributed by atoms with Crippen molar-refractivity contribution in [3.8, 4) is 11.5 Å². The molecule has 2 heterocycles. The molecule has 230 valence electrons. The SMILES string of the molecule is CC(C)(C)OC(=O)N1CCC(Oc2ccccc2N)C1.CC(C)(C)OC(=O)N1CCC(Oc2ccccc2[N+](=O)[O-])C1. The van der Waals surface area contributed by atoms with Crippen LogP contribution in [0.5, 0.6) is 11.5 Å². The van der Waals surface area contributed by atoms with Gasteiger partial charge in [-0.1, -0.05) is 24.3 Å². The Kier molecular flexibility index (Phi) is 10.5. The van der Waals surface area contributed by atoms with Crippen molar-refractivity contribution in [1.29, 1.82) is 0 Å². The van der Waals surface area contributed by atoms with E-state index in [1.165, 1.54) is 6.07 Å². The van der Waals surface area contributed by atoms with Gasteiger partial charge in [0.15, 0.2) is 5.75 Å². The van der Waals surface area contributed by atoms with E-state index in [1.54, 1.807) is 34.1 Å². The van der Waals surface area contributed by atoms with Crippen LogP contribution in [0.3, 0.4) is 0 Å². The molecule has 0 saturated carbocycles. The summed E-state index contributed by atoms with van der Waals surface area (Å²) in [7, 11) is 0. The van der Waals surface area contributed by atoms with Gasteiger partial charge in [0.25, 0.3) is 0 Å². The van der Waals surface area contributed by atoms with Gasteiger partial charge in [0.1, 0.15) is 29.2 Å². The van der Waals surface area contributed by atoms with Crippen LogP contribution in [0.2, 0.25) is 0 Å². The normalized spacial score (nSPS) is 18.5. The Balaban J connectivity index is 0.000000231. The summed E-state index contributed by atoms with van der Waals surface area (Å²) in [5.41, 5.74) is 5.37. The minimum atomic E-state index is -0.547. The van der Waals surface area contributed by atoms with Crippen LogP contribution in [0, 0.1) is 10.1 Å². The lowest BCUT2D eigenvalue weighted by Gasteiger charge is -2.24. The van der Waals surface area contributed by atoms with E-state index in [1.807, 2.05) is 59.7 Å². The average molecular weight is 587 g/mol. The maximum absolute atomic E-state index is 12.0. The molecule has 2 atom stereocenters. The van der Waals surface area contributed by atoms with Gasteiger partial charge in [-0.15, -0.1) is 0 Å². The van der Waals surface area contributed by atoms with E-state index in [0.717, 1.165) is 6.42 Å². The maximum atomic E-state index is 12.0. The van der Waals surface area contributed by atoms with Gasteiger partial charge < -0.3 is 34.5 Å². The van der Waals surface area contributed by atoms with Gasteiger partial charge in [0.05, 0.1) is 23.7 Å². The summed E-state index contributed by atoms with van der Waals surface area (Å²) in [6.45, 7) is 13.1. The molecule has 2 N–H and O–H groups in total. The van der Waals surface area contributed by atoms with Crippen molar-refractivity contribution in [2.75, 3.05) is 31.9 Å². The zero-order valence-electron chi connectivity index (χ0n) is 25.2. The summed E-state index contributed by atoms with van der Waals surface area (Å²) in [5.74, 6) is 0.895. The molecule has 0 aliphatic carbocycles. The molecule has 0 aromatic heterocycles. The van der Waals surface area contributed by atoms with Crippen molar-refractivity contribution >= 4 is 23.6 Å². The molecular formula is C30H42N4O8. The number of rotatable bonds is 5. The summed E-state index contributed by atoms with van der Waals surface area (Å²) in [5, 5.41) is 11.0. The molecular weight excluding hydrogens is 544 g/mol. The number of carbonyl (C=O) groups is 2. The van der Waals surface area contributed by atoms with Crippen molar-refractivity contribution < 1.29 is 33.5 Å². The topological polar surface area (TPSA) is 147 Å². The van der Waals surface area contributed by atoms with Crippen LogP contribution in [0.15, 0.2) is 48.5 Å². The number of nitrogens with zero attached hydrogens (tertiary/aromatic N) is 3. The Morgan fingerprint density at radius 3 is 1.67 bits per heavy atom. The lowest BCUT2D eigenvalue weighted by molar-refractivity contribution is -0.386. The Hall–Kier alpha value is -4.22. The summed E-state index contributed by atoms with van der Waals surface area (Å²) < 4.78 is 22.2. The number of amides is 2. The van der Waals surface area contributed by atoms with Gasteiger partial charge in [-0.25, -0.2) is 9.59 Å². The third-order valence-electron chi connectivity index (χ3n) is 6.16. The third kappa shape index (κ3) is 10.0. The summed E-state index contributed by atoms with van der Waals surface area (Å²) in [6.07, 6.45) is 0.422. The number of carbonyl (C=O) groups excluding carboxylic acids is 2. The molecule has 2 aliphatic rings. The first kappa shape index (κ1) is 32.3. The van der Waals surface area contributed by atoms with Crippen LogP contribution < -0.4 is 15.2 Å². The molecule has 12 nitrogen and oxygen atoms in total. The Labute approximate surface area is 246 Å². The summed E-state index contributed by atoms with van der Waals surface area (Å²) in [4.78, 5) is 37.6. The predicted molar refractivity (Wildman–Crippen MR) is 158 cm³/mol. The molecule has 0 bridgehead atoms. The Morgan fingerprint density at radius 1 is 0.786 bits per heavy atom. The number of hydrogen-bond donors (Lipinski definition) is 1. The Bertz CT molecular complexity index is 1240. The van der Waals surface area contributed by atoms with Gasteiger partial charge >= 0.3 is 17.9 Å². The minimum absolute atomic E-state index is 0.0350. The molecule has 0 radical (unpaired) electrons. The van der Waals surface area contributed by atoms with Gasteiger partial charge in [-0.05, 0) is 59.7 Å². The van der Waals surface area contributed by atoms with Crippen LogP contribution in [-0.2, 0) is 9.47 Å². The maximum Gasteiger partial charge on any atom is 0.410 e. The van der Waals surface area contributed by atoms with Crippen molar-refractivity contribution in [1.82, 2.24) is 9.80 Å². The van der Waals surface area contributed by atoms with E-state index in [9.17, 15) is 19.7 Å². The molecule has 2 fully saturated rings. The lowest BCUT2D eigenvalue weighted by atomic mass is 10.2. The molecule has 4 rings (SSSR count). The molecule has 12 heteroatoms. The van der Waals surface area contributed by atoms with Crippen LogP contribution in [0.1, 0.15) is 54.4 Å². The number of hydrogen-bond acceptors (Lipinski definition) is 9. The highest BCUT2D eigenvalue weighted by atomic mass is 16.6. The standard InChI is InChI=1S/C15H20N2O5.C15H22N2O3/c1-15(2,3)22-14(18)16-9-8-11(10-16)21-13-7-5-4-6-12(13)17(19)20;1-15(2,3)20-14(18)17-9-8-11(10-17)19-13-7-5-4-6-12(13)16/h4-7,11H,8-10H2,1-3H3;4-7,11H,8-10,16H2,1-3H3. The molecule has 2 amide bonds. The van der Waals surface area contributed by atoms with Gasteiger partial charge in [-0.3, -0.25) is 10.1 Å². The Morgan fingerprint density at radius 2 is 1.21 bits per heavy atom. The number of nitrogen functional groups attached to an aromatic ring is 1. The van der Waals surface area contributed by atoms with Crippen molar-refractivity contribution in [2.45, 2.75) is 77.8 Å². The number of para-hydroxylation sites is 4. The van der Waals surface area contributed by atoms with E-state index in [2.05, 4.69) is 0 Å². The number of nitro benzene ring substituents is 1. The number of anilines is 1. The molecule has 0 spiro atoms. The molecule has 2 aliphatic heterocycles. The van der Waals surface area contributed by atoms with Crippen LogP contribution in [-0.4, -0.2) is 76.5 Å². The third-order valence-corrected chi connectivity index (χ3v) is 6.16. The quantitative estimate of drug-likeness (QED) is 0.267. The zero-order valence-corrected chi connectivity index (χ0v) is 25.2. The van der Waals surface area contributed by atoms with E-state index >= 15 is 0 Å². The summed E-state index contributed by atoms with van der Waals surface area (Å²) >= 11 is 0. The predicted octanol–water partition coefficient (Wildman–Crippen LogP) is 5.64. The largest absolute Gasteiger partial charge is 0.486 e. The fourth-order valence-electron chi connectivity index (χ4n) is 4.29. The van der Waals surface area contributed by atoms with Gasteiger partial charge in [0, 0.05) is 32.0 Å². The first-order chi connectivity index (χ1) is 19.6. The molecule has 42 heavy (non-hydrogen) atoms. The summed E-state index contributed by atoms with van der Waals surface area (Å²) in [6, 6.07) is 13.6.